The monoisotopic (exact) mass is 427 g/mol. The van der Waals surface area contributed by atoms with Crippen molar-refractivity contribution in [3.05, 3.63) is 0 Å². The van der Waals surface area contributed by atoms with Crippen LogP contribution in [0.4, 0.5) is 0 Å². The maximum Gasteiger partial charge on any atom is 0.317 e. The molecule has 9 N–H and O–H groups in total. The van der Waals surface area contributed by atoms with E-state index in [1.807, 2.05) is 0 Å². The molecule has 14 heteroatoms. The molecule has 29 heavy (non-hydrogen) atoms. The number of hydrogen-bond acceptors (Lipinski definition) is 10. The predicted molar refractivity (Wildman–Crippen MR) is 96.2 cm³/mol. The Morgan fingerprint density at radius 3 is 0.966 bits per heavy atom. The van der Waals surface area contributed by atoms with Gasteiger partial charge in [-0.15, -0.1) is 0 Å². The molecule has 0 rings (SSSR count). The Morgan fingerprint density at radius 2 is 0.862 bits per heavy atom. The molecule has 0 atom stereocenters. The third-order valence-corrected chi connectivity index (χ3v) is 3.61. The summed E-state index contributed by atoms with van der Waals surface area (Å²) >= 11 is 0. The minimum absolute atomic E-state index is 0.0703. The van der Waals surface area contributed by atoms with E-state index in [2.05, 4.69) is 0 Å². The van der Waals surface area contributed by atoms with Gasteiger partial charge in [0.15, 0.2) is 0 Å². The molecule has 0 amide bonds. The second-order valence-electron chi connectivity index (χ2n) is 6.17. The zero-order valence-corrected chi connectivity index (χ0v) is 15.8. The van der Waals surface area contributed by atoms with Crippen molar-refractivity contribution in [2.75, 3.05) is 65.6 Å². The van der Waals surface area contributed by atoms with Crippen LogP contribution in [0, 0.1) is 5.41 Å². The van der Waals surface area contributed by atoms with Crippen molar-refractivity contribution >= 4 is 23.9 Å². The second-order valence-corrected chi connectivity index (χ2v) is 6.17. The summed E-state index contributed by atoms with van der Waals surface area (Å²) in [5.74, 6) is -4.91. The van der Waals surface area contributed by atoms with E-state index in [0.717, 1.165) is 9.80 Å². The summed E-state index contributed by atoms with van der Waals surface area (Å²) in [5, 5.41) is 60.2. The molecule has 0 aromatic heterocycles. The number of carbonyl (C=O) groups is 4. The van der Waals surface area contributed by atoms with Gasteiger partial charge in [0, 0.05) is 19.6 Å². The van der Waals surface area contributed by atoms with Gasteiger partial charge in [0.1, 0.15) is 0 Å². The van der Waals surface area contributed by atoms with Gasteiger partial charge in [0.05, 0.1) is 51.4 Å². The second kappa shape index (κ2) is 15.5. The van der Waals surface area contributed by atoms with E-state index < -0.39 is 55.5 Å². The van der Waals surface area contributed by atoms with E-state index in [1.54, 1.807) is 0 Å². The van der Waals surface area contributed by atoms with Crippen LogP contribution in [0.3, 0.4) is 0 Å². The molecule has 0 aromatic carbocycles. The maximum absolute atomic E-state index is 10.6. The summed E-state index contributed by atoms with van der Waals surface area (Å²) in [4.78, 5) is 44.4. The minimum atomic E-state index is -1.23. The van der Waals surface area contributed by atoms with Crippen LogP contribution in [0.5, 0.6) is 0 Å². The summed E-state index contributed by atoms with van der Waals surface area (Å²) < 4.78 is 0. The molecule has 0 radical (unpaired) electrons. The lowest BCUT2D eigenvalue weighted by atomic mass is 9.92. The van der Waals surface area contributed by atoms with Crippen LogP contribution in [0.15, 0.2) is 0 Å². The summed E-state index contributed by atoms with van der Waals surface area (Å²) in [5.41, 5.74) is 4.27. The van der Waals surface area contributed by atoms with Gasteiger partial charge in [0.25, 0.3) is 0 Å². The van der Waals surface area contributed by atoms with Gasteiger partial charge in [0.2, 0.25) is 0 Å². The van der Waals surface area contributed by atoms with E-state index in [9.17, 15) is 19.2 Å². The summed E-state index contributed by atoms with van der Waals surface area (Å²) in [6, 6.07) is 0. The van der Waals surface area contributed by atoms with Gasteiger partial charge in [-0.1, -0.05) is 0 Å². The number of nitrogens with zero attached hydrogens (tertiary/aromatic N) is 2. The van der Waals surface area contributed by atoms with E-state index in [1.165, 1.54) is 0 Å². The van der Waals surface area contributed by atoms with Gasteiger partial charge in [-0.3, -0.25) is 29.0 Å². The molecule has 0 aromatic rings. The van der Waals surface area contributed by atoms with Gasteiger partial charge in [-0.2, -0.15) is 0 Å². The molecule has 0 saturated heterocycles. The Balaban J connectivity index is 0. The number of hydrogen-bond donors (Lipinski definition) is 8. The van der Waals surface area contributed by atoms with E-state index >= 15 is 0 Å². The first-order chi connectivity index (χ1) is 13.4. The van der Waals surface area contributed by atoms with E-state index in [4.69, 9.17) is 41.5 Å². The van der Waals surface area contributed by atoms with Gasteiger partial charge >= 0.3 is 23.9 Å². The zero-order chi connectivity index (χ0) is 23.0. The van der Waals surface area contributed by atoms with Gasteiger partial charge in [-0.05, 0) is 0 Å². The van der Waals surface area contributed by atoms with Crippen molar-refractivity contribution in [3.8, 4) is 0 Å². The van der Waals surface area contributed by atoms with E-state index in [-0.39, 0.29) is 39.5 Å². The molecule has 0 aliphatic heterocycles. The number of aliphatic hydroxyl groups excluding tert-OH is 3. The Labute approximate surface area is 166 Å². The van der Waals surface area contributed by atoms with Crippen molar-refractivity contribution in [3.63, 3.8) is 0 Å². The summed E-state index contributed by atoms with van der Waals surface area (Å²) in [6.45, 7) is -3.00. The Kier molecular flexibility index (Phi) is 15.5. The third-order valence-electron chi connectivity index (χ3n) is 3.61. The molecule has 0 fully saturated rings. The summed E-state index contributed by atoms with van der Waals surface area (Å²) in [7, 11) is 0. The molecule has 0 bridgehead atoms. The molecule has 0 heterocycles. The number of rotatable bonds is 15. The lowest BCUT2D eigenvalue weighted by molar-refractivity contribution is -0.145. The number of nitrogens with two attached hydrogens (primary N) is 1. The smallest absolute Gasteiger partial charge is 0.317 e. The average molecular weight is 427 g/mol. The largest absolute Gasteiger partial charge is 0.480 e. The quantitative estimate of drug-likeness (QED) is 0.124. The molecular weight excluding hydrogens is 398 g/mol. The highest BCUT2D eigenvalue weighted by Crippen LogP contribution is 2.10. The van der Waals surface area contributed by atoms with Gasteiger partial charge < -0.3 is 41.5 Å². The first-order valence-corrected chi connectivity index (χ1v) is 8.29. The van der Waals surface area contributed by atoms with Crippen molar-refractivity contribution in [1.29, 1.82) is 0 Å². The maximum atomic E-state index is 10.6. The normalized spacial score (nSPS) is 11.1. The van der Waals surface area contributed by atoms with Crippen molar-refractivity contribution in [2.45, 2.75) is 0 Å². The minimum Gasteiger partial charge on any atom is -0.480 e. The Bertz CT molecular complexity index is 440. The summed E-state index contributed by atoms with van der Waals surface area (Å²) in [6.07, 6.45) is 0. The van der Waals surface area contributed by atoms with Crippen LogP contribution >= 0.6 is 0 Å². The fourth-order valence-electron chi connectivity index (χ4n) is 1.82. The molecule has 0 unspecified atom stereocenters. The van der Waals surface area contributed by atoms with Crippen molar-refractivity contribution < 1.29 is 54.9 Å². The van der Waals surface area contributed by atoms with Crippen molar-refractivity contribution in [2.24, 2.45) is 11.1 Å². The van der Waals surface area contributed by atoms with Gasteiger partial charge in [-0.25, -0.2) is 0 Å². The number of carboxylic acid groups (broad SMARTS) is 4. The lowest BCUT2D eigenvalue weighted by Gasteiger charge is -2.24. The highest BCUT2D eigenvalue weighted by molar-refractivity contribution is 5.73. The van der Waals surface area contributed by atoms with E-state index in [0.29, 0.717) is 0 Å². The fraction of sp³-hybridized carbons (Fsp3) is 0.733. The fourth-order valence-corrected chi connectivity index (χ4v) is 1.82. The van der Waals surface area contributed by atoms with Crippen LogP contribution in [0.25, 0.3) is 0 Å². The molecule has 14 nitrogen and oxygen atoms in total. The molecule has 0 aliphatic carbocycles. The zero-order valence-electron chi connectivity index (χ0n) is 15.8. The lowest BCUT2D eigenvalue weighted by Crippen LogP contribution is -2.43. The predicted octanol–water partition coefficient (Wildman–Crippen LogP) is -4.16. The number of aliphatic hydroxyl groups is 3. The molecule has 0 spiro atoms. The highest BCUT2D eigenvalue weighted by Gasteiger charge is 2.25. The van der Waals surface area contributed by atoms with Crippen LogP contribution in [0.2, 0.25) is 0 Å². The molecular formula is C15H29N3O11. The molecule has 0 saturated carbocycles. The van der Waals surface area contributed by atoms with Crippen molar-refractivity contribution in [1.82, 2.24) is 9.80 Å². The Morgan fingerprint density at radius 1 is 0.621 bits per heavy atom. The third kappa shape index (κ3) is 15.3. The standard InChI is InChI=1S/C10H16N2O8.C5H13NO3/c13-7(14)3-11(4-8(15)16)1-2-12(5-9(17)18)6-10(19)20;6-1-5(2-7,3-8)4-9/h1-6H2,(H,13,14)(H,15,16)(H,17,18)(H,19,20);7-9H,1-4,6H2. The van der Waals surface area contributed by atoms with Crippen LogP contribution in [-0.2, 0) is 19.2 Å². The topological polar surface area (TPSA) is 242 Å². The number of carboxylic acids is 4. The number of aliphatic carboxylic acids is 4. The van der Waals surface area contributed by atoms with Crippen LogP contribution in [-0.4, -0.2) is 135 Å². The first-order valence-electron chi connectivity index (χ1n) is 8.29. The molecule has 170 valence electrons. The molecule has 0 aliphatic rings. The first kappa shape index (κ1) is 28.8. The Hall–Kier alpha value is -2.36. The SMILES string of the molecule is NCC(CO)(CO)CO.O=C(O)CN(CCN(CC(=O)O)CC(=O)O)CC(=O)O. The highest BCUT2D eigenvalue weighted by atomic mass is 16.4. The average Bonchev–Trinajstić information content (AvgIpc) is 2.60. The van der Waals surface area contributed by atoms with Crippen LogP contribution in [0.1, 0.15) is 0 Å². The van der Waals surface area contributed by atoms with Crippen LogP contribution < -0.4 is 5.73 Å².